The quantitative estimate of drug-likeness (QED) is 0.153. The van der Waals surface area contributed by atoms with Crippen molar-refractivity contribution in [1.82, 2.24) is 20.2 Å². The van der Waals surface area contributed by atoms with Crippen molar-refractivity contribution in [3.63, 3.8) is 0 Å². The van der Waals surface area contributed by atoms with Crippen LogP contribution in [0.25, 0.3) is 11.0 Å². The highest BCUT2D eigenvalue weighted by Gasteiger charge is 2.42. The average molecular weight is 545 g/mol. The van der Waals surface area contributed by atoms with Gasteiger partial charge in [0.1, 0.15) is 30.2 Å². The number of H-pyrrole nitrogens is 1. The van der Waals surface area contributed by atoms with Gasteiger partial charge in [-0.2, -0.15) is 5.10 Å². The predicted molar refractivity (Wildman–Crippen MR) is 104 cm³/mol. The Balaban J connectivity index is 0.000000564. The van der Waals surface area contributed by atoms with Crippen LogP contribution in [-0.2, 0) is 18.4 Å². The number of nitrogens with zero attached hydrogens (tertiary/aromatic N) is 3. The summed E-state index contributed by atoms with van der Waals surface area (Å²) in [5, 5.41) is 26.4. The van der Waals surface area contributed by atoms with Gasteiger partial charge in [0.25, 0.3) is 0 Å². The normalized spacial score (nSPS) is 22.9. The Kier molecular flexibility index (Phi) is 11.8. The summed E-state index contributed by atoms with van der Waals surface area (Å²) in [7, 11) is -13.9. The number of nitrogens with two attached hydrogens (primary N) is 1. The largest absolute Gasteiger partial charge is 0.466 e. The third kappa shape index (κ3) is 14.4. The summed E-state index contributed by atoms with van der Waals surface area (Å²) < 4.78 is 32.2. The molecule has 14 N–H and O–H groups in total. The number of fused-ring (bicyclic) bond motifs is 1. The van der Waals surface area contributed by atoms with E-state index in [2.05, 4.69) is 20.2 Å². The fourth-order valence-corrected chi connectivity index (χ4v) is 2.15. The number of aliphatic hydroxyl groups is 2. The Morgan fingerprint density at radius 2 is 1.27 bits per heavy atom. The second-order valence-corrected chi connectivity index (χ2v) is 8.96. The molecule has 20 nitrogen and oxygen atoms in total. The topological polar surface area (TPSA) is 363 Å². The van der Waals surface area contributed by atoms with Crippen molar-refractivity contribution in [3.05, 3.63) is 12.0 Å². The van der Waals surface area contributed by atoms with Crippen LogP contribution in [0.15, 0.2) is 6.33 Å². The molecule has 0 radical (unpaired) electrons. The Bertz CT molecular complexity index is 960. The van der Waals surface area contributed by atoms with E-state index in [9.17, 15) is 10.2 Å². The van der Waals surface area contributed by atoms with Gasteiger partial charge in [0.15, 0.2) is 11.3 Å². The lowest BCUT2D eigenvalue weighted by atomic mass is 10.1. The highest BCUT2D eigenvalue weighted by molar-refractivity contribution is 7.45. The number of hydrogen-bond acceptors (Lipinski definition) is 10. The first-order valence-electron chi connectivity index (χ1n) is 7.90. The summed E-state index contributed by atoms with van der Waals surface area (Å²) >= 11 is 0. The van der Waals surface area contributed by atoms with E-state index < -0.39 is 47.9 Å². The van der Waals surface area contributed by atoms with Crippen molar-refractivity contribution in [1.29, 1.82) is 0 Å². The maximum Gasteiger partial charge on any atom is 0.466 e. The number of rotatable bonds is 1. The van der Waals surface area contributed by atoms with Crippen LogP contribution in [0, 0.1) is 0 Å². The molecule has 0 unspecified atom stereocenters. The lowest BCUT2D eigenvalue weighted by molar-refractivity contribution is 0.0132. The molecule has 1 aliphatic heterocycles. The molecule has 2 aromatic rings. The summed E-state index contributed by atoms with van der Waals surface area (Å²) in [6.07, 6.45) is -1.80. The van der Waals surface area contributed by atoms with Crippen LogP contribution in [-0.4, -0.2) is 92.7 Å². The summed E-state index contributed by atoms with van der Waals surface area (Å²) in [6.45, 7) is 1.69. The zero-order valence-electron chi connectivity index (χ0n) is 16.2. The number of nitrogen functional groups attached to an aromatic ring is 1. The highest BCUT2D eigenvalue weighted by Crippen LogP contribution is 2.35. The molecular weight excluding hydrogens is 523 g/mol. The summed E-state index contributed by atoms with van der Waals surface area (Å²) in [5.41, 5.74) is 7.09. The molecule has 3 heterocycles. The Morgan fingerprint density at radius 3 is 1.64 bits per heavy atom. The van der Waals surface area contributed by atoms with Crippen molar-refractivity contribution >= 4 is 40.3 Å². The number of phosphoric acid groups is 3. The smallest absolute Gasteiger partial charge is 0.388 e. The monoisotopic (exact) mass is 545 g/mol. The number of nitrogens with one attached hydrogen (secondary N) is 1. The number of anilines is 1. The highest BCUT2D eigenvalue weighted by atomic mass is 31.2. The zero-order valence-corrected chi connectivity index (χ0v) is 18.9. The minimum atomic E-state index is -4.64. The van der Waals surface area contributed by atoms with E-state index in [0.29, 0.717) is 16.7 Å². The van der Waals surface area contributed by atoms with Gasteiger partial charge in [-0.05, 0) is 6.92 Å². The first-order valence-corrected chi connectivity index (χ1v) is 12.6. The standard InChI is InChI=1S/C10H13N5O3.3H3O4P/c1-3-7(16)8(17)9(18-3)5-4-6(15-14-5)10(11)13-2-12-4;3*1-5(2,3)4/h2-3,7-9,16-17H,1H3,(H,14,15)(H2,11,12,13);3*(H3,1,2,3,4)/t3-,7-,8-,9+;;;/m1.../s1. The van der Waals surface area contributed by atoms with Gasteiger partial charge in [0.2, 0.25) is 0 Å². The molecule has 0 aromatic carbocycles. The first kappa shape index (κ1) is 31.6. The molecule has 0 bridgehead atoms. The van der Waals surface area contributed by atoms with Gasteiger partial charge < -0.3 is 64.7 Å². The SMILES string of the molecule is C[C@H]1O[C@@H](c2[nH]nc3c(N)ncnc23)[C@H](O)[C@@H]1O.O=P(O)(O)O.O=P(O)(O)O.O=P(O)(O)O. The molecule has 0 saturated carbocycles. The van der Waals surface area contributed by atoms with Gasteiger partial charge >= 0.3 is 23.5 Å². The zero-order chi connectivity index (χ0) is 26.4. The molecule has 23 heteroatoms. The molecule has 1 saturated heterocycles. The van der Waals surface area contributed by atoms with Crippen molar-refractivity contribution in [2.45, 2.75) is 31.3 Å². The van der Waals surface area contributed by atoms with Gasteiger partial charge in [-0.25, -0.2) is 23.7 Å². The third-order valence-electron chi connectivity index (χ3n) is 3.18. The fourth-order valence-electron chi connectivity index (χ4n) is 2.15. The molecule has 0 aliphatic carbocycles. The average Bonchev–Trinajstić information content (AvgIpc) is 3.08. The van der Waals surface area contributed by atoms with Crippen LogP contribution in [0.1, 0.15) is 18.7 Å². The number of hydrogen-bond donors (Lipinski definition) is 13. The van der Waals surface area contributed by atoms with Crippen LogP contribution in [0.3, 0.4) is 0 Å². The number of aromatic amines is 1. The molecule has 0 amide bonds. The van der Waals surface area contributed by atoms with Crippen molar-refractivity contribution in [3.8, 4) is 0 Å². The Labute approximate surface area is 183 Å². The molecule has 192 valence electrons. The molecular formula is C10H22N5O15P3. The minimum Gasteiger partial charge on any atom is -0.388 e. The molecule has 3 rings (SSSR count). The lowest BCUT2D eigenvalue weighted by Crippen LogP contribution is -2.28. The Morgan fingerprint density at radius 1 is 0.848 bits per heavy atom. The van der Waals surface area contributed by atoms with E-state index in [-0.39, 0.29) is 5.82 Å². The maximum absolute atomic E-state index is 9.93. The van der Waals surface area contributed by atoms with Crippen LogP contribution in [0.4, 0.5) is 5.82 Å². The van der Waals surface area contributed by atoms with Gasteiger partial charge in [-0.3, -0.25) is 5.10 Å². The minimum absolute atomic E-state index is 0.253. The first-order chi connectivity index (χ1) is 14.6. The molecule has 1 fully saturated rings. The second-order valence-electron chi connectivity index (χ2n) is 5.88. The second kappa shape index (κ2) is 12.3. The number of ether oxygens (including phenoxy) is 1. The van der Waals surface area contributed by atoms with Crippen molar-refractivity contribution < 1.29 is 72.7 Å². The van der Waals surface area contributed by atoms with E-state index in [1.165, 1.54) is 6.33 Å². The molecule has 33 heavy (non-hydrogen) atoms. The predicted octanol–water partition coefficient (Wildman–Crippen LogP) is -3.67. The summed E-state index contributed by atoms with van der Waals surface area (Å²) in [6, 6.07) is 0. The van der Waals surface area contributed by atoms with E-state index in [1.54, 1.807) is 6.92 Å². The maximum atomic E-state index is 9.93. The van der Waals surface area contributed by atoms with Gasteiger partial charge in [-0.1, -0.05) is 0 Å². The summed E-state index contributed by atoms with van der Waals surface area (Å²) in [5.74, 6) is 0.253. The fraction of sp³-hybridized carbons (Fsp3) is 0.500. The van der Waals surface area contributed by atoms with Gasteiger partial charge in [0.05, 0.1) is 11.8 Å². The van der Waals surface area contributed by atoms with E-state index >= 15 is 0 Å². The van der Waals surface area contributed by atoms with E-state index in [4.69, 9.17) is 68.2 Å². The van der Waals surface area contributed by atoms with E-state index in [1.807, 2.05) is 0 Å². The molecule has 0 spiro atoms. The van der Waals surface area contributed by atoms with Crippen molar-refractivity contribution in [2.75, 3.05) is 5.73 Å². The number of aromatic nitrogens is 4. The molecule has 2 aromatic heterocycles. The summed E-state index contributed by atoms with van der Waals surface area (Å²) in [4.78, 5) is 72.6. The number of aliphatic hydroxyl groups excluding tert-OH is 2. The molecule has 4 atom stereocenters. The molecule has 1 aliphatic rings. The lowest BCUT2D eigenvalue weighted by Gasteiger charge is -2.12. The van der Waals surface area contributed by atoms with E-state index in [0.717, 1.165) is 0 Å². The third-order valence-corrected chi connectivity index (χ3v) is 3.18. The van der Waals surface area contributed by atoms with Gasteiger partial charge in [-0.15, -0.1) is 0 Å². The van der Waals surface area contributed by atoms with Crippen LogP contribution < -0.4 is 5.73 Å². The van der Waals surface area contributed by atoms with Crippen LogP contribution in [0.5, 0.6) is 0 Å². The Hall–Kier alpha value is -1.44. The van der Waals surface area contributed by atoms with Crippen LogP contribution in [0.2, 0.25) is 0 Å². The van der Waals surface area contributed by atoms with Gasteiger partial charge in [0, 0.05) is 0 Å². The van der Waals surface area contributed by atoms with Crippen LogP contribution >= 0.6 is 23.5 Å². The van der Waals surface area contributed by atoms with Crippen molar-refractivity contribution in [2.24, 2.45) is 0 Å².